The summed E-state index contributed by atoms with van der Waals surface area (Å²) in [6, 6.07) is 0. The van der Waals surface area contributed by atoms with Crippen LogP contribution in [0.3, 0.4) is 0 Å². The first-order valence-electron chi connectivity index (χ1n) is 6.34. The number of hydrogen-bond donors (Lipinski definition) is 0. The minimum absolute atomic E-state index is 0.192. The molecule has 0 aromatic heterocycles. The van der Waals surface area contributed by atoms with E-state index in [-0.39, 0.29) is 5.41 Å². The van der Waals surface area contributed by atoms with E-state index in [1.54, 1.807) is 6.92 Å². The third-order valence-electron chi connectivity index (χ3n) is 4.40. The normalized spacial score (nSPS) is 25.1. The molecular weight excluding hydrogens is 196 g/mol. The van der Waals surface area contributed by atoms with Crippen molar-refractivity contribution in [2.45, 2.75) is 60.8 Å². The summed E-state index contributed by atoms with van der Waals surface area (Å²) in [6.45, 7) is 12.8. The van der Waals surface area contributed by atoms with Gasteiger partial charge in [-0.2, -0.15) is 0 Å². The Labute approximate surface area is 100 Å². The maximum Gasteiger partial charge on any atom is 0.135 e. The molecule has 0 N–H and O–H groups in total. The molecule has 0 saturated carbocycles. The van der Waals surface area contributed by atoms with Crippen LogP contribution >= 0.6 is 0 Å². The van der Waals surface area contributed by atoms with Crippen LogP contribution in [0.2, 0.25) is 0 Å². The molecule has 1 nitrogen and oxygen atoms in total. The standard InChI is InChI=1S/C15H26O/c1-11-7-8-13(9-14(11,3)4)10-15(5,6)12(2)16/h8,11H,7,9-10H2,1-6H3/t11-/m1/s1. The van der Waals surface area contributed by atoms with Gasteiger partial charge in [-0.25, -0.2) is 0 Å². The number of carbonyl (C=O) groups is 1. The van der Waals surface area contributed by atoms with E-state index in [0.29, 0.717) is 11.2 Å². The van der Waals surface area contributed by atoms with Gasteiger partial charge in [0.15, 0.2) is 0 Å². The van der Waals surface area contributed by atoms with Crippen LogP contribution in [0, 0.1) is 16.7 Å². The molecule has 1 heteroatoms. The van der Waals surface area contributed by atoms with Gasteiger partial charge in [0, 0.05) is 5.41 Å². The highest BCUT2D eigenvalue weighted by Crippen LogP contribution is 2.43. The molecule has 0 fully saturated rings. The summed E-state index contributed by atoms with van der Waals surface area (Å²) in [7, 11) is 0. The lowest BCUT2D eigenvalue weighted by Gasteiger charge is -2.38. The summed E-state index contributed by atoms with van der Waals surface area (Å²) in [5.41, 5.74) is 1.67. The monoisotopic (exact) mass is 222 g/mol. The third-order valence-corrected chi connectivity index (χ3v) is 4.40. The van der Waals surface area contributed by atoms with Gasteiger partial charge in [0.05, 0.1) is 0 Å². The largest absolute Gasteiger partial charge is 0.299 e. The molecule has 92 valence electrons. The van der Waals surface area contributed by atoms with Gasteiger partial charge in [-0.1, -0.05) is 46.3 Å². The molecule has 1 aliphatic rings. The van der Waals surface area contributed by atoms with E-state index in [1.807, 2.05) is 0 Å². The molecule has 1 rings (SSSR count). The predicted octanol–water partition coefficient (Wildman–Crippen LogP) is 4.37. The zero-order valence-corrected chi connectivity index (χ0v) is 11.7. The van der Waals surface area contributed by atoms with Gasteiger partial charge in [-0.05, 0) is 37.5 Å². The lowest BCUT2D eigenvalue weighted by Crippen LogP contribution is -2.28. The van der Waals surface area contributed by atoms with E-state index in [4.69, 9.17) is 0 Å². The molecule has 0 aromatic carbocycles. The molecular formula is C15H26O. The van der Waals surface area contributed by atoms with E-state index in [9.17, 15) is 4.79 Å². The molecule has 0 unspecified atom stereocenters. The van der Waals surface area contributed by atoms with Crippen molar-refractivity contribution in [3.05, 3.63) is 11.6 Å². The Morgan fingerprint density at radius 1 is 1.50 bits per heavy atom. The summed E-state index contributed by atoms with van der Waals surface area (Å²) < 4.78 is 0. The molecule has 0 spiro atoms. The Kier molecular flexibility index (Phi) is 3.66. The minimum atomic E-state index is -0.192. The van der Waals surface area contributed by atoms with Crippen LogP contribution in [0.1, 0.15) is 60.8 Å². The van der Waals surface area contributed by atoms with Crippen molar-refractivity contribution < 1.29 is 4.79 Å². The van der Waals surface area contributed by atoms with E-state index in [0.717, 1.165) is 25.2 Å². The maximum absolute atomic E-state index is 11.5. The summed E-state index contributed by atoms with van der Waals surface area (Å²) in [5, 5.41) is 0. The molecule has 0 aliphatic heterocycles. The highest BCUT2D eigenvalue weighted by atomic mass is 16.1. The molecule has 1 aliphatic carbocycles. The summed E-state index contributed by atoms with van der Waals surface area (Å²) in [4.78, 5) is 11.5. The number of allylic oxidation sites excluding steroid dienone is 2. The number of hydrogen-bond acceptors (Lipinski definition) is 1. The van der Waals surface area contributed by atoms with E-state index < -0.39 is 0 Å². The topological polar surface area (TPSA) is 17.1 Å². The lowest BCUT2D eigenvalue weighted by molar-refractivity contribution is -0.124. The van der Waals surface area contributed by atoms with E-state index in [1.165, 1.54) is 5.57 Å². The zero-order valence-electron chi connectivity index (χ0n) is 11.7. The second-order valence-corrected chi connectivity index (χ2v) is 6.78. The lowest BCUT2D eigenvalue weighted by atomic mass is 9.67. The minimum Gasteiger partial charge on any atom is -0.299 e. The van der Waals surface area contributed by atoms with Gasteiger partial charge in [0.2, 0.25) is 0 Å². The third kappa shape index (κ3) is 2.96. The average molecular weight is 222 g/mol. The molecule has 0 heterocycles. The SMILES string of the molecule is CC(=O)C(C)(C)CC1=CC[C@@H](C)C(C)(C)C1. The van der Waals surface area contributed by atoms with Crippen LogP contribution in [0.15, 0.2) is 11.6 Å². The van der Waals surface area contributed by atoms with Gasteiger partial charge in [-0.15, -0.1) is 0 Å². The van der Waals surface area contributed by atoms with Crippen molar-refractivity contribution in [2.75, 3.05) is 0 Å². The number of ketones is 1. The summed E-state index contributed by atoms with van der Waals surface area (Å²) >= 11 is 0. The van der Waals surface area contributed by atoms with Gasteiger partial charge < -0.3 is 0 Å². The molecule has 0 amide bonds. The summed E-state index contributed by atoms with van der Waals surface area (Å²) in [5.74, 6) is 1.04. The Balaban J connectivity index is 2.74. The van der Waals surface area contributed by atoms with E-state index >= 15 is 0 Å². The first-order valence-corrected chi connectivity index (χ1v) is 6.34. The Morgan fingerprint density at radius 3 is 2.50 bits per heavy atom. The smallest absolute Gasteiger partial charge is 0.135 e. The van der Waals surface area contributed by atoms with Crippen LogP contribution in [0.5, 0.6) is 0 Å². The van der Waals surface area contributed by atoms with Crippen LogP contribution in [-0.4, -0.2) is 5.78 Å². The quantitative estimate of drug-likeness (QED) is 0.648. The highest BCUT2D eigenvalue weighted by molar-refractivity contribution is 5.81. The highest BCUT2D eigenvalue weighted by Gasteiger charge is 2.33. The first kappa shape index (κ1) is 13.5. The first-order chi connectivity index (χ1) is 7.15. The van der Waals surface area contributed by atoms with Crippen LogP contribution in [-0.2, 0) is 4.79 Å². The van der Waals surface area contributed by atoms with Crippen molar-refractivity contribution in [1.82, 2.24) is 0 Å². The van der Waals surface area contributed by atoms with Crippen molar-refractivity contribution >= 4 is 5.78 Å². The molecule has 0 radical (unpaired) electrons. The fourth-order valence-electron chi connectivity index (χ4n) is 2.32. The maximum atomic E-state index is 11.5. The van der Waals surface area contributed by atoms with E-state index in [2.05, 4.69) is 40.7 Å². The molecule has 0 aromatic rings. The Hall–Kier alpha value is -0.590. The van der Waals surface area contributed by atoms with Crippen molar-refractivity contribution in [2.24, 2.45) is 16.7 Å². The van der Waals surface area contributed by atoms with Gasteiger partial charge in [0.1, 0.15) is 5.78 Å². The number of carbonyl (C=O) groups excluding carboxylic acids is 1. The Morgan fingerprint density at radius 2 is 2.06 bits per heavy atom. The van der Waals surface area contributed by atoms with Crippen LogP contribution < -0.4 is 0 Å². The predicted molar refractivity (Wildman–Crippen MR) is 69.3 cm³/mol. The average Bonchev–Trinajstić information content (AvgIpc) is 2.10. The number of rotatable bonds is 3. The van der Waals surface area contributed by atoms with Gasteiger partial charge in [-0.3, -0.25) is 4.79 Å². The van der Waals surface area contributed by atoms with Crippen LogP contribution in [0.4, 0.5) is 0 Å². The molecule has 0 bridgehead atoms. The fourth-order valence-corrected chi connectivity index (χ4v) is 2.32. The number of Topliss-reactive ketones (excluding diaryl/α,β-unsaturated/α-hetero) is 1. The van der Waals surface area contributed by atoms with Gasteiger partial charge in [0.25, 0.3) is 0 Å². The molecule has 0 saturated heterocycles. The fraction of sp³-hybridized carbons (Fsp3) is 0.800. The second-order valence-electron chi connectivity index (χ2n) is 6.78. The second kappa shape index (κ2) is 4.35. The van der Waals surface area contributed by atoms with Crippen molar-refractivity contribution in [3.63, 3.8) is 0 Å². The van der Waals surface area contributed by atoms with Crippen LogP contribution in [0.25, 0.3) is 0 Å². The summed E-state index contributed by atoms with van der Waals surface area (Å²) in [6.07, 6.45) is 5.60. The van der Waals surface area contributed by atoms with Crippen molar-refractivity contribution in [1.29, 1.82) is 0 Å². The van der Waals surface area contributed by atoms with Gasteiger partial charge >= 0.3 is 0 Å². The molecule has 16 heavy (non-hydrogen) atoms. The van der Waals surface area contributed by atoms with Crippen molar-refractivity contribution in [3.8, 4) is 0 Å². The molecule has 1 atom stereocenters. The Bertz CT molecular complexity index is 307. The zero-order chi connectivity index (χ0) is 12.6.